The third-order valence-electron chi connectivity index (χ3n) is 8.51. The van der Waals surface area contributed by atoms with Gasteiger partial charge in [-0.25, -0.2) is 0 Å². The molecule has 0 N–H and O–H groups in total. The van der Waals surface area contributed by atoms with Gasteiger partial charge >= 0.3 is 0 Å². The molecule has 0 saturated heterocycles. The summed E-state index contributed by atoms with van der Waals surface area (Å²) in [5.74, 6) is 1.92. The van der Waals surface area contributed by atoms with Gasteiger partial charge in [-0.3, -0.25) is 4.99 Å². The summed E-state index contributed by atoms with van der Waals surface area (Å²) >= 11 is 0. The molecule has 4 aliphatic rings. The zero-order valence-electron chi connectivity index (χ0n) is 20.7. The van der Waals surface area contributed by atoms with Gasteiger partial charge in [0.05, 0.1) is 11.3 Å². The number of rotatable bonds is 5. The molecular weight excluding hydrogens is 410 g/mol. The van der Waals surface area contributed by atoms with E-state index in [1.54, 1.807) is 0 Å². The van der Waals surface area contributed by atoms with Gasteiger partial charge in [0.25, 0.3) is 0 Å². The first-order chi connectivity index (χ1) is 16.6. The molecule has 1 aromatic rings. The fraction of sp³-hybridized carbons (Fsp3) is 0.364. The van der Waals surface area contributed by atoms with Crippen molar-refractivity contribution in [2.75, 3.05) is 0 Å². The summed E-state index contributed by atoms with van der Waals surface area (Å²) in [5, 5.41) is 0. The van der Waals surface area contributed by atoms with Crippen LogP contribution in [0.2, 0.25) is 0 Å². The summed E-state index contributed by atoms with van der Waals surface area (Å²) in [6.07, 6.45) is 26.1. The van der Waals surface area contributed by atoms with Gasteiger partial charge in [0.15, 0.2) is 0 Å². The summed E-state index contributed by atoms with van der Waals surface area (Å²) in [6.45, 7) is 12.6. The van der Waals surface area contributed by atoms with Crippen LogP contribution >= 0.6 is 0 Å². The maximum Gasteiger partial charge on any atom is 0.0930 e. The molecule has 0 aromatic heterocycles. The number of nitrogens with zero attached hydrogens (tertiary/aromatic N) is 1. The molecule has 3 aliphatic carbocycles. The minimum Gasteiger partial charge on any atom is -0.273 e. The molecule has 1 aromatic carbocycles. The second kappa shape index (κ2) is 9.37. The van der Waals surface area contributed by atoms with Crippen molar-refractivity contribution in [3.05, 3.63) is 120 Å². The molecule has 1 nitrogen and oxygen atoms in total. The molecule has 1 heteroatoms. The third kappa shape index (κ3) is 4.06. The summed E-state index contributed by atoms with van der Waals surface area (Å²) in [5.41, 5.74) is 8.16. The smallest absolute Gasteiger partial charge is 0.0930 e. The average Bonchev–Trinajstić information content (AvgIpc) is 3.63. The molecule has 1 saturated carbocycles. The Bertz CT molecular complexity index is 1170. The zero-order valence-corrected chi connectivity index (χ0v) is 20.7. The number of aliphatic imine (C=N–C) groups is 1. The van der Waals surface area contributed by atoms with E-state index in [2.05, 4.69) is 106 Å². The molecule has 5 unspecified atom stereocenters. The Morgan fingerprint density at radius 3 is 2.65 bits per heavy atom. The fourth-order valence-corrected chi connectivity index (χ4v) is 6.17. The number of fused-ring (bicyclic) bond motifs is 2. The van der Waals surface area contributed by atoms with Crippen molar-refractivity contribution in [2.45, 2.75) is 57.4 Å². The van der Waals surface area contributed by atoms with Gasteiger partial charge in [0, 0.05) is 11.8 Å². The standard InChI is InChI=1S/C33H37N/c1-5-23(4)32-20-18-29-22-33(29,34-32)28-13-10-12-26(15-17-28)31-19-16-24(6-2)25(7-3)21-27-11-8-9-14-30(27)31/h5-9,11-15,17-18,20,24-25,29,31H,2-3,10,16,19,21-22H2,1,4H3. The number of allylic oxidation sites excluding steroid dienone is 9. The van der Waals surface area contributed by atoms with E-state index in [0.29, 0.717) is 23.7 Å². The van der Waals surface area contributed by atoms with E-state index in [4.69, 9.17) is 4.99 Å². The second-order valence-corrected chi connectivity index (χ2v) is 10.3. The van der Waals surface area contributed by atoms with Gasteiger partial charge < -0.3 is 0 Å². The van der Waals surface area contributed by atoms with E-state index in [9.17, 15) is 0 Å². The topological polar surface area (TPSA) is 12.4 Å². The number of dihydropyridines is 1. The van der Waals surface area contributed by atoms with Crippen molar-refractivity contribution in [3.63, 3.8) is 0 Å². The molecule has 0 bridgehead atoms. The van der Waals surface area contributed by atoms with Gasteiger partial charge in [-0.15, -0.1) is 13.2 Å². The fourth-order valence-electron chi connectivity index (χ4n) is 6.17. The van der Waals surface area contributed by atoms with Crippen LogP contribution in [0.4, 0.5) is 0 Å². The van der Waals surface area contributed by atoms with Crippen LogP contribution in [0.5, 0.6) is 0 Å². The zero-order chi connectivity index (χ0) is 23.7. The molecule has 1 aliphatic heterocycles. The summed E-state index contributed by atoms with van der Waals surface area (Å²) < 4.78 is 0. The van der Waals surface area contributed by atoms with Crippen LogP contribution in [0.3, 0.4) is 0 Å². The molecule has 1 fully saturated rings. The van der Waals surface area contributed by atoms with E-state index in [0.717, 1.165) is 37.8 Å². The normalized spacial score (nSPS) is 32.6. The number of hydrogen-bond donors (Lipinski definition) is 0. The van der Waals surface area contributed by atoms with Gasteiger partial charge in [-0.2, -0.15) is 0 Å². The predicted octanol–water partition coefficient (Wildman–Crippen LogP) is 8.26. The molecule has 174 valence electrons. The van der Waals surface area contributed by atoms with Gasteiger partial charge in [-0.05, 0) is 91.7 Å². The summed E-state index contributed by atoms with van der Waals surface area (Å²) in [6, 6.07) is 9.05. The number of hydrogen-bond acceptors (Lipinski definition) is 1. The van der Waals surface area contributed by atoms with Gasteiger partial charge in [-0.1, -0.05) is 72.9 Å². The number of benzene rings is 1. The first-order valence-electron chi connectivity index (χ1n) is 12.9. The van der Waals surface area contributed by atoms with Gasteiger partial charge in [0.2, 0.25) is 0 Å². The molecule has 0 radical (unpaired) electrons. The lowest BCUT2D eigenvalue weighted by molar-refractivity contribution is 0.407. The Labute approximate surface area is 205 Å². The second-order valence-electron chi connectivity index (χ2n) is 10.3. The highest BCUT2D eigenvalue weighted by Gasteiger charge is 2.56. The highest BCUT2D eigenvalue weighted by Crippen LogP contribution is 2.56. The Morgan fingerprint density at radius 2 is 1.85 bits per heavy atom. The predicted molar refractivity (Wildman–Crippen MR) is 146 cm³/mol. The highest BCUT2D eigenvalue weighted by atomic mass is 15.0. The van der Waals surface area contributed by atoms with Crippen LogP contribution in [0.1, 0.15) is 56.6 Å². The van der Waals surface area contributed by atoms with Crippen LogP contribution in [-0.2, 0) is 6.42 Å². The molecule has 5 atom stereocenters. The first kappa shape index (κ1) is 22.8. The Balaban J connectivity index is 1.44. The van der Waals surface area contributed by atoms with E-state index >= 15 is 0 Å². The maximum atomic E-state index is 5.26. The SMILES string of the molecule is C=CC1CCC(C2=CCC=C(C34CC3C=CC(C(C)=CC)=N4)C=C2)c2ccccc2CC1C=C. The molecule has 0 amide bonds. The van der Waals surface area contributed by atoms with E-state index in [1.807, 2.05) is 0 Å². The molecule has 1 heterocycles. The van der Waals surface area contributed by atoms with Crippen LogP contribution in [0.25, 0.3) is 0 Å². The minimum atomic E-state index is -0.0435. The van der Waals surface area contributed by atoms with Crippen LogP contribution < -0.4 is 0 Å². The van der Waals surface area contributed by atoms with Crippen molar-refractivity contribution in [1.82, 2.24) is 0 Å². The quantitative estimate of drug-likeness (QED) is 0.403. The van der Waals surface area contributed by atoms with E-state index in [-0.39, 0.29) is 5.54 Å². The Hall–Kier alpha value is -2.93. The van der Waals surface area contributed by atoms with Crippen LogP contribution in [0, 0.1) is 17.8 Å². The minimum absolute atomic E-state index is 0.0435. The lowest BCUT2D eigenvalue weighted by Crippen LogP contribution is -2.20. The maximum absolute atomic E-state index is 5.26. The van der Waals surface area contributed by atoms with E-state index in [1.165, 1.54) is 27.8 Å². The van der Waals surface area contributed by atoms with Crippen molar-refractivity contribution in [1.29, 1.82) is 0 Å². The molecule has 5 rings (SSSR count). The lowest BCUT2D eigenvalue weighted by Gasteiger charge is -2.31. The monoisotopic (exact) mass is 447 g/mol. The van der Waals surface area contributed by atoms with Crippen molar-refractivity contribution >= 4 is 5.71 Å². The van der Waals surface area contributed by atoms with Crippen LogP contribution in [0.15, 0.2) is 114 Å². The third-order valence-corrected chi connectivity index (χ3v) is 8.51. The summed E-state index contributed by atoms with van der Waals surface area (Å²) in [7, 11) is 0. The van der Waals surface area contributed by atoms with Crippen molar-refractivity contribution in [3.8, 4) is 0 Å². The van der Waals surface area contributed by atoms with E-state index < -0.39 is 0 Å². The molecular formula is C33H37N. The summed E-state index contributed by atoms with van der Waals surface area (Å²) in [4.78, 5) is 5.26. The van der Waals surface area contributed by atoms with Crippen molar-refractivity contribution < 1.29 is 0 Å². The lowest BCUT2D eigenvalue weighted by atomic mass is 9.73. The first-order valence-corrected chi connectivity index (χ1v) is 12.9. The van der Waals surface area contributed by atoms with Gasteiger partial charge in [0.1, 0.15) is 0 Å². The Morgan fingerprint density at radius 1 is 1.03 bits per heavy atom. The largest absolute Gasteiger partial charge is 0.273 e. The van der Waals surface area contributed by atoms with Crippen LogP contribution in [-0.4, -0.2) is 11.3 Å². The molecule has 0 spiro atoms. The highest BCUT2D eigenvalue weighted by molar-refractivity contribution is 6.09. The Kier molecular flexibility index (Phi) is 6.30. The van der Waals surface area contributed by atoms with Crippen molar-refractivity contribution in [2.24, 2.45) is 22.7 Å². The average molecular weight is 448 g/mol. The molecule has 34 heavy (non-hydrogen) atoms.